The van der Waals surface area contributed by atoms with Crippen LogP contribution in [0.3, 0.4) is 0 Å². The van der Waals surface area contributed by atoms with E-state index in [1.165, 1.54) is 18.2 Å². The van der Waals surface area contributed by atoms with E-state index in [0.29, 0.717) is 6.42 Å². The maximum atomic E-state index is 12.7. The molecular formula is C20H25N3O5S. The Bertz CT molecular complexity index is 1020. The lowest BCUT2D eigenvalue weighted by atomic mass is 9.97. The van der Waals surface area contributed by atoms with Crippen molar-refractivity contribution in [1.82, 2.24) is 5.32 Å². The molecule has 0 fully saturated rings. The van der Waals surface area contributed by atoms with Gasteiger partial charge in [0.05, 0.1) is 22.9 Å². The molecule has 0 heterocycles. The lowest BCUT2D eigenvalue weighted by molar-refractivity contribution is -0.384. The molecule has 2 aromatic rings. The Labute approximate surface area is 170 Å². The number of nitro groups is 1. The van der Waals surface area contributed by atoms with Gasteiger partial charge in [-0.1, -0.05) is 36.8 Å². The summed E-state index contributed by atoms with van der Waals surface area (Å²) >= 11 is 0. The van der Waals surface area contributed by atoms with Crippen molar-refractivity contribution >= 4 is 27.3 Å². The summed E-state index contributed by atoms with van der Waals surface area (Å²) in [5, 5.41) is 13.9. The lowest BCUT2D eigenvalue weighted by Crippen LogP contribution is -2.41. The van der Waals surface area contributed by atoms with Gasteiger partial charge in [-0.05, 0) is 37.5 Å². The highest BCUT2D eigenvalue weighted by Gasteiger charge is 2.24. The summed E-state index contributed by atoms with van der Waals surface area (Å²) in [5.41, 5.74) is 2.93. The van der Waals surface area contributed by atoms with Gasteiger partial charge >= 0.3 is 0 Å². The number of hydrogen-bond acceptors (Lipinski definition) is 5. The molecule has 1 N–H and O–H groups in total. The van der Waals surface area contributed by atoms with Crippen LogP contribution in [0, 0.1) is 24.0 Å². The summed E-state index contributed by atoms with van der Waals surface area (Å²) in [7, 11) is -3.83. The van der Waals surface area contributed by atoms with Crippen molar-refractivity contribution in [3.05, 3.63) is 69.3 Å². The number of nitrogens with one attached hydrogen (secondary N) is 1. The molecule has 29 heavy (non-hydrogen) atoms. The van der Waals surface area contributed by atoms with E-state index < -0.39 is 27.4 Å². The highest BCUT2D eigenvalue weighted by molar-refractivity contribution is 7.92. The SMILES string of the molecule is CC[C@@H](NC(=O)CN(c1cccc([N+](=O)[O-])c1)S(C)(=O)=O)c1ccc(C)cc1C. The molecule has 0 aliphatic rings. The van der Waals surface area contributed by atoms with Gasteiger partial charge in [-0.15, -0.1) is 0 Å². The van der Waals surface area contributed by atoms with Crippen LogP contribution in [0.2, 0.25) is 0 Å². The Kier molecular flexibility index (Phi) is 6.97. The van der Waals surface area contributed by atoms with Gasteiger partial charge in [0.1, 0.15) is 6.54 Å². The minimum atomic E-state index is -3.83. The van der Waals surface area contributed by atoms with E-state index in [1.54, 1.807) is 0 Å². The average Bonchev–Trinajstić information content (AvgIpc) is 2.64. The molecule has 0 radical (unpaired) electrons. The van der Waals surface area contributed by atoms with Crippen LogP contribution in [0.5, 0.6) is 0 Å². The first-order chi connectivity index (χ1) is 13.5. The smallest absolute Gasteiger partial charge is 0.271 e. The average molecular weight is 420 g/mol. The zero-order valence-electron chi connectivity index (χ0n) is 16.9. The van der Waals surface area contributed by atoms with Crippen molar-refractivity contribution in [2.75, 3.05) is 17.1 Å². The third-order valence-electron chi connectivity index (χ3n) is 4.56. The number of sulfonamides is 1. The highest BCUT2D eigenvalue weighted by Crippen LogP contribution is 2.24. The number of carbonyl (C=O) groups is 1. The fourth-order valence-corrected chi connectivity index (χ4v) is 4.00. The second-order valence-corrected chi connectivity index (χ2v) is 8.84. The fraction of sp³-hybridized carbons (Fsp3) is 0.350. The molecule has 9 heteroatoms. The normalized spacial score (nSPS) is 12.3. The van der Waals surface area contributed by atoms with Gasteiger partial charge in [-0.2, -0.15) is 0 Å². The standard InChI is InChI=1S/C20H25N3O5S/c1-5-19(18-10-9-14(2)11-15(18)3)21-20(24)13-22(29(4,27)28)16-7-6-8-17(12-16)23(25)26/h6-12,19H,5,13H2,1-4H3,(H,21,24)/t19-/m1/s1. The number of amides is 1. The number of nitro benzene ring substituents is 1. The summed E-state index contributed by atoms with van der Waals surface area (Å²) in [6, 6.07) is 10.9. The van der Waals surface area contributed by atoms with Crippen LogP contribution in [0.1, 0.15) is 36.1 Å². The molecule has 156 valence electrons. The molecule has 0 unspecified atom stereocenters. The van der Waals surface area contributed by atoms with Gasteiger partial charge in [0.2, 0.25) is 15.9 Å². The zero-order valence-corrected chi connectivity index (χ0v) is 17.7. The molecule has 0 aliphatic carbocycles. The highest BCUT2D eigenvalue weighted by atomic mass is 32.2. The minimum Gasteiger partial charge on any atom is -0.348 e. The van der Waals surface area contributed by atoms with Crippen LogP contribution in [-0.4, -0.2) is 32.0 Å². The van der Waals surface area contributed by atoms with E-state index in [4.69, 9.17) is 0 Å². The summed E-state index contributed by atoms with van der Waals surface area (Å²) in [5.74, 6) is -0.492. The second-order valence-electron chi connectivity index (χ2n) is 6.93. The van der Waals surface area contributed by atoms with Gasteiger partial charge in [-0.3, -0.25) is 19.2 Å². The quantitative estimate of drug-likeness (QED) is 0.522. The number of benzene rings is 2. The number of nitrogens with zero attached hydrogens (tertiary/aromatic N) is 2. The Morgan fingerprint density at radius 1 is 1.21 bits per heavy atom. The predicted molar refractivity (Wildman–Crippen MR) is 112 cm³/mol. The molecule has 0 saturated heterocycles. The monoisotopic (exact) mass is 419 g/mol. The molecule has 0 spiro atoms. The number of carbonyl (C=O) groups excluding carboxylic acids is 1. The van der Waals surface area contributed by atoms with Crippen LogP contribution in [0.15, 0.2) is 42.5 Å². The van der Waals surface area contributed by atoms with Gasteiger partial charge in [-0.25, -0.2) is 8.42 Å². The van der Waals surface area contributed by atoms with Gasteiger partial charge in [0.25, 0.3) is 5.69 Å². The molecule has 0 aromatic heterocycles. The first kappa shape index (κ1) is 22.4. The van der Waals surface area contributed by atoms with E-state index in [1.807, 2.05) is 39.0 Å². The fourth-order valence-electron chi connectivity index (χ4n) is 3.15. The van der Waals surface area contributed by atoms with Gasteiger partial charge < -0.3 is 5.32 Å². The van der Waals surface area contributed by atoms with Gasteiger partial charge in [0.15, 0.2) is 0 Å². The molecule has 1 amide bonds. The van der Waals surface area contributed by atoms with Crippen LogP contribution < -0.4 is 9.62 Å². The van der Waals surface area contributed by atoms with E-state index in [9.17, 15) is 23.3 Å². The van der Waals surface area contributed by atoms with Gasteiger partial charge in [0, 0.05) is 12.1 Å². The number of aryl methyl sites for hydroxylation is 2. The van der Waals surface area contributed by atoms with Crippen LogP contribution in [-0.2, 0) is 14.8 Å². The first-order valence-electron chi connectivity index (χ1n) is 9.11. The summed E-state index contributed by atoms with van der Waals surface area (Å²) in [4.78, 5) is 23.1. The van der Waals surface area contributed by atoms with E-state index >= 15 is 0 Å². The maximum Gasteiger partial charge on any atom is 0.271 e. The maximum absolute atomic E-state index is 12.7. The molecular weight excluding hydrogens is 394 g/mol. The zero-order chi connectivity index (χ0) is 21.8. The van der Waals surface area contributed by atoms with Crippen molar-refractivity contribution in [2.24, 2.45) is 0 Å². The van der Waals surface area contributed by atoms with Crippen molar-refractivity contribution in [3.8, 4) is 0 Å². The Morgan fingerprint density at radius 2 is 1.90 bits per heavy atom. The van der Waals surface area contributed by atoms with E-state index in [2.05, 4.69) is 5.32 Å². The lowest BCUT2D eigenvalue weighted by Gasteiger charge is -2.24. The topological polar surface area (TPSA) is 110 Å². The number of anilines is 1. The van der Waals surface area contributed by atoms with Crippen molar-refractivity contribution < 1.29 is 18.1 Å². The second kappa shape index (κ2) is 9.04. The molecule has 0 bridgehead atoms. The van der Waals surface area contributed by atoms with Crippen molar-refractivity contribution in [3.63, 3.8) is 0 Å². The molecule has 0 saturated carbocycles. The molecule has 2 aromatic carbocycles. The summed E-state index contributed by atoms with van der Waals surface area (Å²) < 4.78 is 25.3. The number of rotatable bonds is 8. The van der Waals surface area contributed by atoms with Crippen molar-refractivity contribution in [2.45, 2.75) is 33.2 Å². The third kappa shape index (κ3) is 5.77. The minimum absolute atomic E-state index is 0.0661. The Hall–Kier alpha value is -2.94. The van der Waals surface area contributed by atoms with Crippen LogP contribution in [0.4, 0.5) is 11.4 Å². The molecule has 2 rings (SSSR count). The Balaban J connectivity index is 2.26. The number of hydrogen-bond donors (Lipinski definition) is 1. The summed E-state index contributed by atoms with van der Waals surface area (Å²) in [6.07, 6.45) is 1.59. The van der Waals surface area contributed by atoms with E-state index in [-0.39, 0.29) is 17.4 Å². The predicted octanol–water partition coefficient (Wildman–Crippen LogP) is 3.25. The molecule has 0 aliphatic heterocycles. The molecule has 8 nitrogen and oxygen atoms in total. The number of non-ortho nitro benzene ring substituents is 1. The Morgan fingerprint density at radius 3 is 2.45 bits per heavy atom. The van der Waals surface area contributed by atoms with Crippen molar-refractivity contribution in [1.29, 1.82) is 0 Å². The summed E-state index contributed by atoms with van der Waals surface area (Å²) in [6.45, 7) is 5.41. The van der Waals surface area contributed by atoms with Crippen LogP contribution >= 0.6 is 0 Å². The van der Waals surface area contributed by atoms with Crippen LogP contribution in [0.25, 0.3) is 0 Å². The largest absolute Gasteiger partial charge is 0.348 e. The molecule has 1 atom stereocenters. The third-order valence-corrected chi connectivity index (χ3v) is 5.70. The first-order valence-corrected chi connectivity index (χ1v) is 11.0. The van der Waals surface area contributed by atoms with E-state index in [0.717, 1.165) is 33.3 Å².